The summed E-state index contributed by atoms with van der Waals surface area (Å²) >= 11 is 5.92. The Balaban J connectivity index is 1.59. The number of nitrogens with zero attached hydrogens (tertiary/aromatic N) is 1. The summed E-state index contributed by atoms with van der Waals surface area (Å²) in [5.41, 5.74) is 1.97. The van der Waals surface area contributed by atoms with Gasteiger partial charge in [0.2, 0.25) is 11.3 Å². The Kier molecular flexibility index (Phi) is 6.01. The number of ketones is 1. The van der Waals surface area contributed by atoms with E-state index in [0.717, 1.165) is 5.56 Å². The number of halogens is 1. The van der Waals surface area contributed by atoms with Gasteiger partial charge in [-0.3, -0.25) is 14.4 Å². The first kappa shape index (κ1) is 22.7. The summed E-state index contributed by atoms with van der Waals surface area (Å²) < 4.78 is 12.9. The van der Waals surface area contributed by atoms with Crippen molar-refractivity contribution in [2.75, 3.05) is 18.5 Å². The standard InChI is InChI=1S/C27H21ClN2O5/c1-16-2-4-17(5-3-16)26(32)21-14-30(15-25(31)29-19-8-6-18(28)7-9-19)22-13-24-23(34-10-11-35-24)12-20(22)27(21)33/h2-9,12-14H,10-11,15H2,1H3,(H,29,31). The summed E-state index contributed by atoms with van der Waals surface area (Å²) in [4.78, 5) is 39.6. The number of carbonyl (C=O) groups is 2. The lowest BCUT2D eigenvalue weighted by Gasteiger charge is -2.20. The molecule has 0 atom stereocenters. The van der Waals surface area contributed by atoms with Gasteiger partial charge in [0.25, 0.3) is 0 Å². The summed E-state index contributed by atoms with van der Waals surface area (Å²) in [6.45, 7) is 2.52. The second-order valence-electron chi connectivity index (χ2n) is 8.26. The molecule has 5 rings (SSSR count). The second-order valence-corrected chi connectivity index (χ2v) is 8.70. The molecule has 0 radical (unpaired) electrons. The van der Waals surface area contributed by atoms with Crippen molar-refractivity contribution < 1.29 is 19.1 Å². The first-order chi connectivity index (χ1) is 16.9. The summed E-state index contributed by atoms with van der Waals surface area (Å²) in [5, 5.41) is 3.63. The number of hydrogen-bond donors (Lipinski definition) is 1. The first-order valence-corrected chi connectivity index (χ1v) is 11.4. The predicted molar refractivity (Wildman–Crippen MR) is 134 cm³/mol. The van der Waals surface area contributed by atoms with Crippen LogP contribution in [0.3, 0.4) is 0 Å². The Bertz CT molecular complexity index is 1510. The minimum absolute atomic E-state index is 0.0303. The van der Waals surface area contributed by atoms with Crippen molar-refractivity contribution in [2.45, 2.75) is 13.5 Å². The van der Waals surface area contributed by atoms with Gasteiger partial charge in [-0.05, 0) is 37.3 Å². The van der Waals surface area contributed by atoms with Gasteiger partial charge < -0.3 is 19.4 Å². The Labute approximate surface area is 205 Å². The molecular formula is C27H21ClN2O5. The van der Waals surface area contributed by atoms with Crippen LogP contribution in [-0.4, -0.2) is 29.5 Å². The summed E-state index contributed by atoms with van der Waals surface area (Å²) in [7, 11) is 0. The highest BCUT2D eigenvalue weighted by atomic mass is 35.5. The molecule has 0 aliphatic carbocycles. The quantitative estimate of drug-likeness (QED) is 0.415. The third-order valence-electron chi connectivity index (χ3n) is 5.74. The monoisotopic (exact) mass is 488 g/mol. The van der Waals surface area contributed by atoms with Crippen molar-refractivity contribution in [1.82, 2.24) is 4.57 Å². The molecule has 7 nitrogen and oxygen atoms in total. The molecule has 4 aromatic rings. The smallest absolute Gasteiger partial charge is 0.244 e. The fourth-order valence-electron chi connectivity index (χ4n) is 3.97. The number of pyridine rings is 1. The third kappa shape index (κ3) is 4.63. The van der Waals surface area contributed by atoms with Gasteiger partial charge in [0.15, 0.2) is 17.3 Å². The normalized spacial score (nSPS) is 12.4. The number of anilines is 1. The average molecular weight is 489 g/mol. The van der Waals surface area contributed by atoms with Gasteiger partial charge in [0.1, 0.15) is 19.8 Å². The molecule has 1 aliphatic rings. The van der Waals surface area contributed by atoms with E-state index >= 15 is 0 Å². The van der Waals surface area contributed by atoms with Gasteiger partial charge in [0, 0.05) is 28.5 Å². The number of nitrogens with one attached hydrogen (secondary N) is 1. The van der Waals surface area contributed by atoms with E-state index in [1.54, 1.807) is 53.1 Å². The van der Waals surface area contributed by atoms with Crippen molar-refractivity contribution >= 4 is 39.9 Å². The van der Waals surface area contributed by atoms with Gasteiger partial charge in [0.05, 0.1) is 16.5 Å². The molecular weight excluding hydrogens is 468 g/mol. The maximum atomic E-state index is 13.4. The van der Waals surface area contributed by atoms with Crippen molar-refractivity contribution in [3.05, 3.63) is 98.8 Å². The van der Waals surface area contributed by atoms with E-state index in [1.165, 1.54) is 6.20 Å². The van der Waals surface area contributed by atoms with E-state index in [4.69, 9.17) is 21.1 Å². The van der Waals surface area contributed by atoms with Crippen LogP contribution < -0.4 is 20.2 Å². The topological polar surface area (TPSA) is 86.6 Å². The highest BCUT2D eigenvalue weighted by Gasteiger charge is 2.22. The van der Waals surface area contributed by atoms with Crippen LogP contribution in [0.15, 0.2) is 71.7 Å². The Hall–Kier alpha value is -4.10. The molecule has 176 valence electrons. The predicted octanol–water partition coefficient (Wildman–Crippen LogP) is 4.60. The molecule has 0 saturated carbocycles. The fourth-order valence-corrected chi connectivity index (χ4v) is 4.09. The van der Waals surface area contributed by atoms with E-state index in [9.17, 15) is 14.4 Å². The molecule has 0 bridgehead atoms. The molecule has 1 aromatic heterocycles. The summed E-state index contributed by atoms with van der Waals surface area (Å²) in [5.74, 6) is 0.158. The Morgan fingerprint density at radius 3 is 2.31 bits per heavy atom. The van der Waals surface area contributed by atoms with Crippen LogP contribution in [0.4, 0.5) is 5.69 Å². The first-order valence-electron chi connectivity index (χ1n) is 11.0. The third-order valence-corrected chi connectivity index (χ3v) is 6.00. The molecule has 35 heavy (non-hydrogen) atoms. The van der Waals surface area contributed by atoms with Crippen LogP contribution in [0.1, 0.15) is 21.5 Å². The maximum absolute atomic E-state index is 13.4. The molecule has 1 amide bonds. The van der Waals surface area contributed by atoms with E-state index in [2.05, 4.69) is 5.32 Å². The molecule has 2 heterocycles. The lowest BCUT2D eigenvalue weighted by molar-refractivity contribution is -0.116. The van der Waals surface area contributed by atoms with Gasteiger partial charge in [-0.2, -0.15) is 0 Å². The number of hydrogen-bond acceptors (Lipinski definition) is 5. The summed E-state index contributed by atoms with van der Waals surface area (Å²) in [6, 6.07) is 17.0. The average Bonchev–Trinajstić information content (AvgIpc) is 2.86. The number of amides is 1. The molecule has 0 saturated heterocycles. The number of ether oxygens (including phenoxy) is 2. The SMILES string of the molecule is Cc1ccc(C(=O)c2cn(CC(=O)Nc3ccc(Cl)cc3)c3cc4c(cc3c2=O)OCCO4)cc1. The van der Waals surface area contributed by atoms with Crippen molar-refractivity contribution in [2.24, 2.45) is 0 Å². The highest BCUT2D eigenvalue weighted by Crippen LogP contribution is 2.34. The van der Waals surface area contributed by atoms with Crippen LogP contribution in [0, 0.1) is 6.92 Å². The van der Waals surface area contributed by atoms with E-state index in [1.807, 2.05) is 19.1 Å². The van der Waals surface area contributed by atoms with Crippen LogP contribution in [0.5, 0.6) is 11.5 Å². The van der Waals surface area contributed by atoms with Gasteiger partial charge in [-0.15, -0.1) is 0 Å². The number of aromatic nitrogens is 1. The largest absolute Gasteiger partial charge is 0.486 e. The van der Waals surface area contributed by atoms with Crippen molar-refractivity contribution in [1.29, 1.82) is 0 Å². The Morgan fingerprint density at radius 1 is 0.971 bits per heavy atom. The fraction of sp³-hybridized carbons (Fsp3) is 0.148. The lowest BCUT2D eigenvalue weighted by atomic mass is 10.0. The minimum atomic E-state index is -0.433. The van der Waals surface area contributed by atoms with Crippen LogP contribution in [0.25, 0.3) is 10.9 Å². The number of carbonyl (C=O) groups excluding carboxylic acids is 2. The zero-order chi connectivity index (χ0) is 24.5. The van der Waals surface area contributed by atoms with E-state index in [-0.39, 0.29) is 23.4 Å². The maximum Gasteiger partial charge on any atom is 0.244 e. The van der Waals surface area contributed by atoms with E-state index in [0.29, 0.717) is 46.5 Å². The molecule has 3 aromatic carbocycles. The summed E-state index contributed by atoms with van der Waals surface area (Å²) in [6.07, 6.45) is 1.43. The number of benzene rings is 3. The molecule has 1 aliphatic heterocycles. The zero-order valence-electron chi connectivity index (χ0n) is 18.8. The highest BCUT2D eigenvalue weighted by molar-refractivity contribution is 6.30. The molecule has 0 fully saturated rings. The number of fused-ring (bicyclic) bond motifs is 2. The van der Waals surface area contributed by atoms with Crippen LogP contribution >= 0.6 is 11.6 Å². The lowest BCUT2D eigenvalue weighted by Crippen LogP contribution is -2.25. The van der Waals surface area contributed by atoms with Crippen LogP contribution in [0.2, 0.25) is 5.02 Å². The second kappa shape index (κ2) is 9.27. The molecule has 1 N–H and O–H groups in total. The minimum Gasteiger partial charge on any atom is -0.486 e. The van der Waals surface area contributed by atoms with Gasteiger partial charge in [-0.25, -0.2) is 0 Å². The number of rotatable bonds is 5. The van der Waals surface area contributed by atoms with Gasteiger partial charge in [-0.1, -0.05) is 41.4 Å². The van der Waals surface area contributed by atoms with Crippen LogP contribution in [-0.2, 0) is 11.3 Å². The van der Waals surface area contributed by atoms with E-state index < -0.39 is 11.2 Å². The molecule has 0 spiro atoms. The zero-order valence-corrected chi connectivity index (χ0v) is 19.6. The molecule has 0 unspecified atom stereocenters. The molecule has 8 heteroatoms. The van der Waals surface area contributed by atoms with Gasteiger partial charge >= 0.3 is 0 Å². The van der Waals surface area contributed by atoms with Crippen molar-refractivity contribution in [3.63, 3.8) is 0 Å². The van der Waals surface area contributed by atoms with Crippen molar-refractivity contribution in [3.8, 4) is 11.5 Å². The Morgan fingerprint density at radius 2 is 1.63 bits per heavy atom. The number of aryl methyl sites for hydroxylation is 1.